The van der Waals surface area contributed by atoms with E-state index in [1.807, 2.05) is 24.6 Å². The molecule has 1 aromatic heterocycles. The van der Waals surface area contributed by atoms with E-state index in [2.05, 4.69) is 17.2 Å². The van der Waals surface area contributed by atoms with E-state index in [0.717, 1.165) is 13.0 Å². The van der Waals surface area contributed by atoms with Crippen LogP contribution in [-0.2, 0) is 6.54 Å². The Labute approximate surface area is 91.3 Å². The largest absolute Gasteiger partial charge is 0.389 e. The summed E-state index contributed by atoms with van der Waals surface area (Å²) in [6, 6.07) is 0.331. The van der Waals surface area contributed by atoms with Crippen molar-refractivity contribution in [3.05, 3.63) is 18.7 Å². The molecule has 0 aliphatic heterocycles. The summed E-state index contributed by atoms with van der Waals surface area (Å²) < 4.78 is 2.03. The van der Waals surface area contributed by atoms with E-state index in [1.165, 1.54) is 0 Å². The van der Waals surface area contributed by atoms with Gasteiger partial charge in [-0.05, 0) is 20.3 Å². The van der Waals surface area contributed by atoms with Gasteiger partial charge in [-0.3, -0.25) is 0 Å². The monoisotopic (exact) mass is 211 g/mol. The molecule has 0 bridgehead atoms. The summed E-state index contributed by atoms with van der Waals surface area (Å²) in [6.45, 7) is 7.44. The predicted molar refractivity (Wildman–Crippen MR) is 60.6 cm³/mol. The lowest BCUT2D eigenvalue weighted by molar-refractivity contribution is 0.0528. The van der Waals surface area contributed by atoms with Gasteiger partial charge in [0.15, 0.2) is 0 Å². The van der Waals surface area contributed by atoms with E-state index >= 15 is 0 Å². The van der Waals surface area contributed by atoms with Crippen LogP contribution in [-0.4, -0.2) is 32.8 Å². The zero-order chi connectivity index (χ0) is 11.3. The van der Waals surface area contributed by atoms with Gasteiger partial charge in [-0.1, -0.05) is 6.92 Å². The van der Waals surface area contributed by atoms with Crippen molar-refractivity contribution in [3.8, 4) is 0 Å². The van der Waals surface area contributed by atoms with Gasteiger partial charge < -0.3 is 15.0 Å². The third-order valence-electron chi connectivity index (χ3n) is 2.64. The quantitative estimate of drug-likeness (QED) is 0.738. The number of nitrogens with zero attached hydrogens (tertiary/aromatic N) is 2. The summed E-state index contributed by atoms with van der Waals surface area (Å²) in [7, 11) is 0. The van der Waals surface area contributed by atoms with Crippen molar-refractivity contribution in [1.29, 1.82) is 0 Å². The Morgan fingerprint density at radius 2 is 2.33 bits per heavy atom. The Morgan fingerprint density at radius 1 is 1.60 bits per heavy atom. The van der Waals surface area contributed by atoms with Crippen LogP contribution in [0.2, 0.25) is 0 Å². The van der Waals surface area contributed by atoms with Crippen LogP contribution >= 0.6 is 0 Å². The van der Waals surface area contributed by atoms with E-state index in [4.69, 9.17) is 0 Å². The highest BCUT2D eigenvalue weighted by Gasteiger charge is 2.17. The fourth-order valence-electron chi connectivity index (χ4n) is 1.29. The molecule has 1 rings (SSSR count). The molecule has 0 radical (unpaired) electrons. The van der Waals surface area contributed by atoms with Crippen LogP contribution in [0.4, 0.5) is 0 Å². The third kappa shape index (κ3) is 4.44. The molecule has 0 aliphatic carbocycles. The minimum absolute atomic E-state index is 0.331. The van der Waals surface area contributed by atoms with E-state index in [-0.39, 0.29) is 0 Å². The van der Waals surface area contributed by atoms with E-state index in [0.29, 0.717) is 12.6 Å². The van der Waals surface area contributed by atoms with Gasteiger partial charge >= 0.3 is 0 Å². The summed E-state index contributed by atoms with van der Waals surface area (Å²) in [4.78, 5) is 3.99. The molecule has 0 amide bonds. The van der Waals surface area contributed by atoms with Crippen molar-refractivity contribution in [3.63, 3.8) is 0 Å². The molecule has 2 unspecified atom stereocenters. The number of hydrogen-bond donors (Lipinski definition) is 2. The fraction of sp³-hybridized carbons (Fsp3) is 0.727. The van der Waals surface area contributed by atoms with Crippen LogP contribution in [0, 0.1) is 0 Å². The molecule has 1 aromatic rings. The summed E-state index contributed by atoms with van der Waals surface area (Å²) in [5.74, 6) is 0. The van der Waals surface area contributed by atoms with Gasteiger partial charge in [-0.25, -0.2) is 4.98 Å². The van der Waals surface area contributed by atoms with Crippen LogP contribution in [0.25, 0.3) is 0 Å². The van der Waals surface area contributed by atoms with Crippen molar-refractivity contribution in [2.45, 2.75) is 45.4 Å². The number of nitrogens with one attached hydrogen (secondary N) is 1. The molecule has 0 fully saturated rings. The maximum absolute atomic E-state index is 9.82. The molecule has 0 aromatic carbocycles. The summed E-state index contributed by atoms with van der Waals surface area (Å²) >= 11 is 0. The molecule has 15 heavy (non-hydrogen) atoms. The maximum atomic E-state index is 9.82. The third-order valence-corrected chi connectivity index (χ3v) is 2.64. The SMILES string of the molecule is CCC(C)(O)CNC(C)Cn1ccnc1. The second-order valence-corrected chi connectivity index (χ2v) is 4.39. The molecule has 2 N–H and O–H groups in total. The van der Waals surface area contributed by atoms with Gasteiger partial charge in [0.1, 0.15) is 0 Å². The van der Waals surface area contributed by atoms with Crippen LogP contribution in [0.15, 0.2) is 18.7 Å². The van der Waals surface area contributed by atoms with Gasteiger partial charge in [0.2, 0.25) is 0 Å². The predicted octanol–water partition coefficient (Wildman–Crippen LogP) is 1.02. The molecule has 2 atom stereocenters. The first-order chi connectivity index (χ1) is 7.03. The molecule has 0 aliphatic rings. The van der Waals surface area contributed by atoms with E-state index in [1.54, 1.807) is 12.5 Å². The van der Waals surface area contributed by atoms with Gasteiger partial charge in [0.05, 0.1) is 11.9 Å². The second-order valence-electron chi connectivity index (χ2n) is 4.39. The average molecular weight is 211 g/mol. The van der Waals surface area contributed by atoms with Gasteiger partial charge in [-0.2, -0.15) is 0 Å². The maximum Gasteiger partial charge on any atom is 0.0946 e. The van der Waals surface area contributed by atoms with Crippen LogP contribution in [0.1, 0.15) is 27.2 Å². The van der Waals surface area contributed by atoms with E-state index in [9.17, 15) is 5.11 Å². The molecule has 86 valence electrons. The van der Waals surface area contributed by atoms with E-state index < -0.39 is 5.60 Å². The van der Waals surface area contributed by atoms with Gasteiger partial charge in [-0.15, -0.1) is 0 Å². The Kier molecular flexibility index (Phi) is 4.29. The minimum Gasteiger partial charge on any atom is -0.389 e. The summed E-state index contributed by atoms with van der Waals surface area (Å²) in [5, 5.41) is 13.1. The average Bonchev–Trinajstić information content (AvgIpc) is 2.68. The molecule has 4 heteroatoms. The van der Waals surface area contributed by atoms with Gasteiger partial charge in [0, 0.05) is 31.5 Å². The highest BCUT2D eigenvalue weighted by Crippen LogP contribution is 2.06. The van der Waals surface area contributed by atoms with Crippen molar-refractivity contribution in [1.82, 2.24) is 14.9 Å². The first-order valence-electron chi connectivity index (χ1n) is 5.45. The molecule has 0 saturated carbocycles. The first-order valence-corrected chi connectivity index (χ1v) is 5.45. The second kappa shape index (κ2) is 5.28. The standard InChI is InChI=1S/C11H21N3O/c1-4-11(3,15)8-13-10(2)7-14-6-5-12-9-14/h5-6,9-10,13,15H,4,7-8H2,1-3H3. The normalized spacial score (nSPS) is 17.3. The Balaban J connectivity index is 2.28. The Morgan fingerprint density at radius 3 is 2.87 bits per heavy atom. The number of imidazole rings is 1. The molecular weight excluding hydrogens is 190 g/mol. The van der Waals surface area contributed by atoms with Crippen LogP contribution in [0.5, 0.6) is 0 Å². The molecule has 1 heterocycles. The van der Waals surface area contributed by atoms with Crippen molar-refractivity contribution < 1.29 is 5.11 Å². The van der Waals surface area contributed by atoms with Crippen molar-refractivity contribution >= 4 is 0 Å². The molecule has 0 saturated heterocycles. The highest BCUT2D eigenvalue weighted by atomic mass is 16.3. The van der Waals surface area contributed by atoms with Gasteiger partial charge in [0.25, 0.3) is 0 Å². The smallest absolute Gasteiger partial charge is 0.0946 e. The lowest BCUT2D eigenvalue weighted by Gasteiger charge is -2.24. The molecular formula is C11H21N3O. The summed E-state index contributed by atoms with van der Waals surface area (Å²) in [6.07, 6.45) is 6.28. The zero-order valence-corrected chi connectivity index (χ0v) is 9.77. The number of hydrogen-bond acceptors (Lipinski definition) is 3. The Hall–Kier alpha value is -0.870. The number of aromatic nitrogens is 2. The lowest BCUT2D eigenvalue weighted by atomic mass is 10.0. The lowest BCUT2D eigenvalue weighted by Crippen LogP contribution is -2.42. The topological polar surface area (TPSA) is 50.1 Å². The number of rotatable bonds is 6. The highest BCUT2D eigenvalue weighted by molar-refractivity contribution is 4.79. The fourth-order valence-corrected chi connectivity index (χ4v) is 1.29. The van der Waals surface area contributed by atoms with Crippen LogP contribution in [0.3, 0.4) is 0 Å². The number of aliphatic hydroxyl groups is 1. The van der Waals surface area contributed by atoms with Crippen molar-refractivity contribution in [2.75, 3.05) is 6.54 Å². The minimum atomic E-state index is -0.608. The summed E-state index contributed by atoms with van der Waals surface area (Å²) in [5.41, 5.74) is -0.608. The first kappa shape index (κ1) is 12.2. The molecule has 4 nitrogen and oxygen atoms in total. The zero-order valence-electron chi connectivity index (χ0n) is 9.77. The Bertz CT molecular complexity index is 269. The van der Waals surface area contributed by atoms with Crippen LogP contribution < -0.4 is 5.32 Å². The van der Waals surface area contributed by atoms with Crippen molar-refractivity contribution in [2.24, 2.45) is 0 Å². The molecule has 0 spiro atoms.